The van der Waals surface area contributed by atoms with E-state index in [-0.39, 0.29) is 5.78 Å². The summed E-state index contributed by atoms with van der Waals surface area (Å²) in [7, 11) is 0. The van der Waals surface area contributed by atoms with Gasteiger partial charge in [0.25, 0.3) is 0 Å². The Morgan fingerprint density at radius 3 is 2.50 bits per heavy atom. The Morgan fingerprint density at radius 1 is 1.25 bits per heavy atom. The van der Waals surface area contributed by atoms with Gasteiger partial charge in [0.05, 0.1) is 6.54 Å². The summed E-state index contributed by atoms with van der Waals surface area (Å²) in [6.45, 7) is 8.10. The van der Waals surface area contributed by atoms with Gasteiger partial charge in [0.1, 0.15) is 0 Å². The summed E-state index contributed by atoms with van der Waals surface area (Å²) in [5, 5.41) is 0. The maximum atomic E-state index is 12.6. The molecule has 1 aliphatic rings. The van der Waals surface area contributed by atoms with Crippen LogP contribution < -0.4 is 0 Å². The molecule has 0 radical (unpaired) electrons. The van der Waals surface area contributed by atoms with E-state index >= 15 is 0 Å². The zero-order chi connectivity index (χ0) is 14.5. The standard InChI is InChI=1S/C18H27NO/c1-14(2)12-19(16-9-5-6-10-16)13-18(20)17-11-7-4-8-15(17)3/h4,7-8,11,14,16H,5-6,9-10,12-13H2,1-3H3. The Bertz CT molecular complexity index is 446. The van der Waals surface area contributed by atoms with E-state index in [0.29, 0.717) is 18.5 Å². The molecule has 0 bridgehead atoms. The topological polar surface area (TPSA) is 20.3 Å². The second kappa shape index (κ2) is 7.03. The number of hydrogen-bond acceptors (Lipinski definition) is 2. The summed E-state index contributed by atoms with van der Waals surface area (Å²) in [5.74, 6) is 0.885. The highest BCUT2D eigenvalue weighted by atomic mass is 16.1. The van der Waals surface area contributed by atoms with E-state index in [0.717, 1.165) is 17.7 Å². The second-order valence-electron chi connectivity index (χ2n) is 6.50. The van der Waals surface area contributed by atoms with Crippen molar-refractivity contribution in [3.05, 3.63) is 35.4 Å². The summed E-state index contributed by atoms with van der Waals surface area (Å²) < 4.78 is 0. The molecule has 20 heavy (non-hydrogen) atoms. The van der Waals surface area contributed by atoms with Crippen LogP contribution in [0.4, 0.5) is 0 Å². The number of Topliss-reactive ketones (excluding diaryl/α,β-unsaturated/α-hetero) is 1. The first-order valence-electron chi connectivity index (χ1n) is 7.91. The van der Waals surface area contributed by atoms with Gasteiger partial charge in [0.15, 0.2) is 5.78 Å². The van der Waals surface area contributed by atoms with Gasteiger partial charge in [-0.05, 0) is 31.2 Å². The zero-order valence-electron chi connectivity index (χ0n) is 13.1. The van der Waals surface area contributed by atoms with Crippen molar-refractivity contribution in [2.75, 3.05) is 13.1 Å². The molecule has 0 atom stereocenters. The molecule has 2 heteroatoms. The number of hydrogen-bond donors (Lipinski definition) is 0. The second-order valence-corrected chi connectivity index (χ2v) is 6.50. The Kier molecular flexibility index (Phi) is 5.36. The van der Waals surface area contributed by atoms with Crippen molar-refractivity contribution in [1.82, 2.24) is 4.90 Å². The molecule has 0 N–H and O–H groups in total. The fourth-order valence-electron chi connectivity index (χ4n) is 3.24. The third-order valence-electron chi connectivity index (χ3n) is 4.23. The first-order chi connectivity index (χ1) is 9.58. The lowest BCUT2D eigenvalue weighted by atomic mass is 10.0. The number of rotatable bonds is 6. The number of benzene rings is 1. The molecule has 1 aromatic carbocycles. The number of carbonyl (C=O) groups excluding carboxylic acids is 1. The summed E-state index contributed by atoms with van der Waals surface area (Å²) in [6.07, 6.45) is 5.15. The highest BCUT2D eigenvalue weighted by Crippen LogP contribution is 2.24. The van der Waals surface area contributed by atoms with E-state index < -0.39 is 0 Å². The molecule has 0 amide bonds. The molecular weight excluding hydrogens is 246 g/mol. The van der Waals surface area contributed by atoms with Crippen molar-refractivity contribution >= 4 is 5.78 Å². The molecule has 0 unspecified atom stereocenters. The number of carbonyl (C=O) groups is 1. The van der Waals surface area contributed by atoms with E-state index in [9.17, 15) is 4.79 Å². The van der Waals surface area contributed by atoms with E-state index in [1.807, 2.05) is 31.2 Å². The molecule has 1 aromatic rings. The van der Waals surface area contributed by atoms with Gasteiger partial charge in [0, 0.05) is 18.2 Å². The normalized spacial score (nSPS) is 16.2. The molecule has 2 rings (SSSR count). The van der Waals surface area contributed by atoms with Crippen LogP contribution in [0.3, 0.4) is 0 Å². The molecule has 1 saturated carbocycles. The molecule has 2 nitrogen and oxygen atoms in total. The quantitative estimate of drug-likeness (QED) is 0.728. The fraction of sp³-hybridized carbons (Fsp3) is 0.611. The van der Waals surface area contributed by atoms with E-state index in [2.05, 4.69) is 18.7 Å². The largest absolute Gasteiger partial charge is 0.293 e. The highest BCUT2D eigenvalue weighted by Gasteiger charge is 2.25. The van der Waals surface area contributed by atoms with Crippen molar-refractivity contribution in [2.45, 2.75) is 52.5 Å². The van der Waals surface area contributed by atoms with Crippen LogP contribution in [0.25, 0.3) is 0 Å². The van der Waals surface area contributed by atoms with E-state index in [1.165, 1.54) is 25.7 Å². The molecule has 1 fully saturated rings. The Labute approximate surface area is 123 Å². The van der Waals surface area contributed by atoms with Crippen molar-refractivity contribution in [3.8, 4) is 0 Å². The minimum Gasteiger partial charge on any atom is -0.293 e. The van der Waals surface area contributed by atoms with Crippen LogP contribution >= 0.6 is 0 Å². The Hall–Kier alpha value is -1.15. The summed E-state index contributed by atoms with van der Waals surface area (Å²) >= 11 is 0. The SMILES string of the molecule is Cc1ccccc1C(=O)CN(CC(C)C)C1CCCC1. The average Bonchev–Trinajstić information content (AvgIpc) is 2.91. The molecule has 0 saturated heterocycles. The van der Waals surface area contributed by atoms with Crippen LogP contribution in [-0.4, -0.2) is 29.8 Å². The maximum Gasteiger partial charge on any atom is 0.177 e. The lowest BCUT2D eigenvalue weighted by Gasteiger charge is -2.29. The van der Waals surface area contributed by atoms with Gasteiger partial charge in [-0.3, -0.25) is 9.69 Å². The Balaban J connectivity index is 2.06. The lowest BCUT2D eigenvalue weighted by Crippen LogP contribution is -2.40. The van der Waals surface area contributed by atoms with Crippen LogP contribution in [0.2, 0.25) is 0 Å². The summed E-state index contributed by atoms with van der Waals surface area (Å²) in [6, 6.07) is 8.55. The molecule has 110 valence electrons. The summed E-state index contributed by atoms with van der Waals surface area (Å²) in [5.41, 5.74) is 1.98. The van der Waals surface area contributed by atoms with Crippen molar-refractivity contribution in [1.29, 1.82) is 0 Å². The monoisotopic (exact) mass is 273 g/mol. The molecular formula is C18H27NO. The van der Waals surface area contributed by atoms with Crippen LogP contribution in [0, 0.1) is 12.8 Å². The van der Waals surface area contributed by atoms with Crippen LogP contribution in [0.15, 0.2) is 24.3 Å². The van der Waals surface area contributed by atoms with Crippen LogP contribution in [0.5, 0.6) is 0 Å². The van der Waals surface area contributed by atoms with Gasteiger partial charge >= 0.3 is 0 Å². The zero-order valence-corrected chi connectivity index (χ0v) is 13.1. The third-order valence-corrected chi connectivity index (χ3v) is 4.23. The summed E-state index contributed by atoms with van der Waals surface area (Å²) in [4.78, 5) is 15.0. The lowest BCUT2D eigenvalue weighted by molar-refractivity contribution is 0.0876. The predicted molar refractivity (Wildman–Crippen MR) is 84.2 cm³/mol. The van der Waals surface area contributed by atoms with E-state index in [1.54, 1.807) is 0 Å². The fourth-order valence-corrected chi connectivity index (χ4v) is 3.24. The van der Waals surface area contributed by atoms with E-state index in [4.69, 9.17) is 0 Å². The van der Waals surface area contributed by atoms with Gasteiger partial charge in [-0.25, -0.2) is 0 Å². The molecule has 0 aliphatic heterocycles. The first kappa shape index (κ1) is 15.2. The predicted octanol–water partition coefficient (Wildman–Crippen LogP) is 4.08. The smallest absolute Gasteiger partial charge is 0.177 e. The van der Waals surface area contributed by atoms with Crippen LogP contribution in [-0.2, 0) is 0 Å². The molecule has 0 aromatic heterocycles. The highest BCUT2D eigenvalue weighted by molar-refractivity contribution is 5.98. The maximum absolute atomic E-state index is 12.6. The minimum absolute atomic E-state index is 0.274. The molecule has 1 aliphatic carbocycles. The number of ketones is 1. The van der Waals surface area contributed by atoms with Crippen molar-refractivity contribution in [2.24, 2.45) is 5.92 Å². The van der Waals surface area contributed by atoms with Crippen LogP contribution in [0.1, 0.15) is 55.5 Å². The van der Waals surface area contributed by atoms with Crippen molar-refractivity contribution < 1.29 is 4.79 Å². The van der Waals surface area contributed by atoms with Gasteiger partial charge in [-0.15, -0.1) is 0 Å². The molecule has 0 heterocycles. The molecule has 0 spiro atoms. The van der Waals surface area contributed by atoms with Gasteiger partial charge in [-0.1, -0.05) is 51.0 Å². The minimum atomic E-state index is 0.274. The van der Waals surface area contributed by atoms with Crippen molar-refractivity contribution in [3.63, 3.8) is 0 Å². The first-order valence-corrected chi connectivity index (χ1v) is 7.91. The Morgan fingerprint density at radius 2 is 1.90 bits per heavy atom. The number of aryl methyl sites for hydroxylation is 1. The third kappa shape index (κ3) is 3.92. The van der Waals surface area contributed by atoms with Gasteiger partial charge in [0.2, 0.25) is 0 Å². The number of nitrogens with zero attached hydrogens (tertiary/aromatic N) is 1. The van der Waals surface area contributed by atoms with Gasteiger partial charge in [-0.2, -0.15) is 0 Å². The average molecular weight is 273 g/mol. The van der Waals surface area contributed by atoms with Gasteiger partial charge < -0.3 is 0 Å².